The molecule has 0 aromatic rings. The molecular weight excluding hydrogens is 460 g/mol. The smallest absolute Gasteiger partial charge is 0.302 e. The Morgan fingerprint density at radius 3 is 2.35 bits per heavy atom. The molecule has 0 N–H and O–H groups in total. The van der Waals surface area contributed by atoms with E-state index in [0.29, 0.717) is 30.0 Å². The van der Waals surface area contributed by atoms with Gasteiger partial charge in [-0.25, -0.2) is 0 Å². The van der Waals surface area contributed by atoms with E-state index >= 15 is 0 Å². The Morgan fingerprint density at radius 2 is 1.71 bits per heavy atom. The van der Waals surface area contributed by atoms with E-state index in [2.05, 4.69) is 29.8 Å². The van der Waals surface area contributed by atoms with Crippen LogP contribution in [0.25, 0.3) is 0 Å². The highest BCUT2D eigenvalue weighted by Gasteiger charge is 2.70. The maximum atomic E-state index is 14.0. The predicted molar refractivity (Wildman–Crippen MR) is 121 cm³/mol. The van der Waals surface area contributed by atoms with Crippen LogP contribution >= 0.6 is 15.9 Å². The first-order valence-corrected chi connectivity index (χ1v) is 12.8. The van der Waals surface area contributed by atoms with E-state index in [1.807, 2.05) is 6.92 Å². The number of ether oxygens (including phenoxy) is 2. The fraction of sp³-hybridized carbons (Fsp3) is 0.880. The molecule has 4 rings (SSSR count). The first-order chi connectivity index (χ1) is 14.4. The molecule has 0 saturated heterocycles. The fourth-order valence-corrected chi connectivity index (χ4v) is 9.64. The third-order valence-corrected chi connectivity index (χ3v) is 11.7. The van der Waals surface area contributed by atoms with Crippen LogP contribution in [0.1, 0.15) is 86.0 Å². The summed E-state index contributed by atoms with van der Waals surface area (Å²) in [5, 5.41) is 0. The standard InChI is InChI=1S/C25H37BrO5/c1-14(30-15(2)27)19-8-9-20-21-7-6-17-12-18(31-16(3)28)10-11-24(17,5)25(21,26)22(29)13-23(19,20)4/h14,17-21H,6-13H2,1-5H3/t14-,17-,18-,19+,20-,21-,23+,24-,25-/m0/s1. The zero-order chi connectivity index (χ0) is 22.8. The third kappa shape index (κ3) is 3.41. The van der Waals surface area contributed by atoms with Crippen LogP contribution in [0.2, 0.25) is 0 Å². The van der Waals surface area contributed by atoms with E-state index in [-0.39, 0.29) is 40.9 Å². The van der Waals surface area contributed by atoms with Crippen LogP contribution in [0.3, 0.4) is 0 Å². The van der Waals surface area contributed by atoms with Crippen molar-refractivity contribution >= 4 is 33.7 Å². The van der Waals surface area contributed by atoms with Crippen LogP contribution in [0.15, 0.2) is 0 Å². The van der Waals surface area contributed by atoms with Crippen LogP contribution < -0.4 is 0 Å². The Morgan fingerprint density at radius 1 is 1.03 bits per heavy atom. The number of carbonyl (C=O) groups excluding carboxylic acids is 3. The average Bonchev–Trinajstić information content (AvgIpc) is 2.99. The van der Waals surface area contributed by atoms with Gasteiger partial charge >= 0.3 is 11.9 Å². The summed E-state index contributed by atoms with van der Waals surface area (Å²) in [5.74, 6) is 1.25. The number of rotatable bonds is 3. The average molecular weight is 497 g/mol. The lowest BCUT2D eigenvalue weighted by atomic mass is 9.44. The fourth-order valence-electron chi connectivity index (χ4n) is 8.43. The molecule has 0 bridgehead atoms. The topological polar surface area (TPSA) is 69.7 Å². The van der Waals surface area contributed by atoms with Gasteiger partial charge in [-0.15, -0.1) is 0 Å². The molecule has 0 radical (unpaired) electrons. The number of fused-ring (bicyclic) bond motifs is 5. The predicted octanol–water partition coefficient (Wildman–Crippen LogP) is 5.23. The van der Waals surface area contributed by atoms with E-state index in [9.17, 15) is 14.4 Å². The molecule has 9 atom stereocenters. The molecule has 0 unspecified atom stereocenters. The molecule has 5 nitrogen and oxygen atoms in total. The van der Waals surface area contributed by atoms with E-state index in [0.717, 1.165) is 44.9 Å². The molecule has 0 aromatic carbocycles. The molecule has 0 aromatic heterocycles. The summed E-state index contributed by atoms with van der Waals surface area (Å²) in [7, 11) is 0. The number of ketones is 1. The third-order valence-electron chi connectivity index (χ3n) is 9.77. The Bertz CT molecular complexity index is 782. The Kier molecular flexibility index (Phi) is 5.89. The van der Waals surface area contributed by atoms with Crippen LogP contribution in [-0.2, 0) is 23.9 Å². The van der Waals surface area contributed by atoms with Gasteiger partial charge in [0.1, 0.15) is 12.2 Å². The molecule has 4 fully saturated rings. The van der Waals surface area contributed by atoms with E-state index in [1.165, 1.54) is 13.8 Å². The van der Waals surface area contributed by atoms with Crippen molar-refractivity contribution < 1.29 is 23.9 Å². The first-order valence-electron chi connectivity index (χ1n) is 12.0. The number of hydrogen-bond donors (Lipinski definition) is 0. The maximum Gasteiger partial charge on any atom is 0.302 e. The highest BCUT2D eigenvalue weighted by molar-refractivity contribution is 9.10. The SMILES string of the molecule is CC(=O)O[C@H]1CC[C@@]2(C)[C@@H](CC[C@H]3[C@@H]4CC[C@H]([C@H](C)OC(C)=O)[C@@]4(C)CC(=O)[C@@]32Br)C1. The van der Waals surface area contributed by atoms with E-state index in [1.54, 1.807) is 0 Å². The second kappa shape index (κ2) is 7.85. The molecule has 0 aliphatic heterocycles. The van der Waals surface area contributed by atoms with Crippen molar-refractivity contribution in [1.82, 2.24) is 0 Å². The molecule has 4 aliphatic rings. The Hall–Kier alpha value is -0.910. The summed E-state index contributed by atoms with van der Waals surface area (Å²) in [5.41, 5.74) is -0.239. The molecule has 4 aliphatic carbocycles. The van der Waals surface area contributed by atoms with Gasteiger partial charge < -0.3 is 9.47 Å². The summed E-state index contributed by atoms with van der Waals surface area (Å²) in [4.78, 5) is 37.0. The minimum Gasteiger partial charge on any atom is -0.463 e. The molecule has 4 saturated carbocycles. The van der Waals surface area contributed by atoms with Crippen molar-refractivity contribution in [2.75, 3.05) is 0 Å². The van der Waals surface area contributed by atoms with Gasteiger partial charge in [0.05, 0.1) is 4.32 Å². The number of esters is 2. The van der Waals surface area contributed by atoms with E-state index < -0.39 is 4.32 Å². The monoisotopic (exact) mass is 496 g/mol. The van der Waals surface area contributed by atoms with Crippen LogP contribution in [0.4, 0.5) is 0 Å². The quantitative estimate of drug-likeness (QED) is 0.395. The van der Waals surface area contributed by atoms with Crippen molar-refractivity contribution in [3.63, 3.8) is 0 Å². The summed E-state index contributed by atoms with van der Waals surface area (Å²) in [6, 6.07) is 0. The minimum absolute atomic E-state index is 0.0207. The van der Waals surface area contributed by atoms with Crippen molar-refractivity contribution in [3.05, 3.63) is 0 Å². The molecule has 31 heavy (non-hydrogen) atoms. The van der Waals surface area contributed by atoms with Crippen LogP contribution in [0, 0.1) is 34.5 Å². The number of Topliss-reactive ketones (excluding diaryl/α,β-unsaturated/α-hetero) is 1. The van der Waals surface area contributed by atoms with Crippen molar-refractivity contribution in [3.8, 4) is 0 Å². The Balaban J connectivity index is 1.62. The largest absolute Gasteiger partial charge is 0.463 e. The highest BCUT2D eigenvalue weighted by Crippen LogP contribution is 2.71. The summed E-state index contributed by atoms with van der Waals surface area (Å²) >= 11 is 4.12. The van der Waals surface area contributed by atoms with Gasteiger partial charge in [0.2, 0.25) is 0 Å². The van der Waals surface area contributed by atoms with Gasteiger partial charge in [-0.3, -0.25) is 14.4 Å². The van der Waals surface area contributed by atoms with Crippen molar-refractivity contribution in [2.45, 2.75) is 103 Å². The minimum atomic E-state index is -0.506. The van der Waals surface area contributed by atoms with Gasteiger partial charge in [0.25, 0.3) is 0 Å². The van der Waals surface area contributed by atoms with Gasteiger partial charge in [-0.2, -0.15) is 0 Å². The van der Waals surface area contributed by atoms with Gasteiger partial charge in [0.15, 0.2) is 5.78 Å². The van der Waals surface area contributed by atoms with Gasteiger partial charge in [-0.05, 0) is 80.5 Å². The lowest BCUT2D eigenvalue weighted by molar-refractivity contribution is -0.165. The maximum absolute atomic E-state index is 14.0. The highest BCUT2D eigenvalue weighted by atomic mass is 79.9. The second-order valence-electron chi connectivity index (χ2n) is 11.2. The summed E-state index contributed by atoms with van der Waals surface area (Å²) in [6.45, 7) is 9.52. The normalized spacial score (nSPS) is 47.5. The number of alkyl halides is 1. The second-order valence-corrected chi connectivity index (χ2v) is 12.5. The van der Waals surface area contributed by atoms with Crippen LogP contribution in [-0.4, -0.2) is 34.3 Å². The van der Waals surface area contributed by atoms with Crippen LogP contribution in [0.5, 0.6) is 0 Å². The molecule has 0 heterocycles. The number of hydrogen-bond acceptors (Lipinski definition) is 5. The number of carbonyl (C=O) groups is 3. The first kappa shape index (κ1) is 23.3. The molecular formula is C25H37BrO5. The zero-order valence-electron chi connectivity index (χ0n) is 19.5. The summed E-state index contributed by atoms with van der Waals surface area (Å²) in [6.07, 6.45) is 7.17. The van der Waals surface area contributed by atoms with Gasteiger partial charge in [-0.1, -0.05) is 29.8 Å². The Labute approximate surface area is 194 Å². The van der Waals surface area contributed by atoms with E-state index in [4.69, 9.17) is 9.47 Å². The zero-order valence-corrected chi connectivity index (χ0v) is 21.1. The number of halogens is 1. The van der Waals surface area contributed by atoms with Crippen molar-refractivity contribution in [1.29, 1.82) is 0 Å². The molecule has 6 heteroatoms. The van der Waals surface area contributed by atoms with Crippen molar-refractivity contribution in [2.24, 2.45) is 34.5 Å². The van der Waals surface area contributed by atoms with Gasteiger partial charge in [0, 0.05) is 26.2 Å². The molecule has 174 valence electrons. The molecule has 0 amide bonds. The molecule has 0 spiro atoms. The lowest BCUT2D eigenvalue weighted by Crippen LogP contribution is -2.67. The summed E-state index contributed by atoms with van der Waals surface area (Å²) < 4.78 is 10.6. The lowest BCUT2D eigenvalue weighted by Gasteiger charge is -2.64.